The highest BCUT2D eigenvalue weighted by molar-refractivity contribution is 5.97. The van der Waals surface area contributed by atoms with Crippen LogP contribution in [0.5, 0.6) is 11.5 Å². The summed E-state index contributed by atoms with van der Waals surface area (Å²) in [6.45, 7) is 3.28. The number of likely N-dealkylation sites (N-methyl/N-ethyl adjacent to an activating group) is 1. The van der Waals surface area contributed by atoms with E-state index in [0.717, 1.165) is 5.56 Å². The molecule has 0 bridgehead atoms. The van der Waals surface area contributed by atoms with Crippen LogP contribution in [-0.4, -0.2) is 38.4 Å². The molecule has 18 heavy (non-hydrogen) atoms. The Balaban J connectivity index is 3.25. The SMILES string of the molecule is COc1ccc(N(C)C(=O)C(C)O)c(OC)c1C. The van der Waals surface area contributed by atoms with E-state index < -0.39 is 12.0 Å². The van der Waals surface area contributed by atoms with Crippen molar-refractivity contribution >= 4 is 11.6 Å². The smallest absolute Gasteiger partial charge is 0.255 e. The van der Waals surface area contributed by atoms with Crippen molar-refractivity contribution in [1.82, 2.24) is 0 Å². The summed E-state index contributed by atoms with van der Waals surface area (Å²) in [6, 6.07) is 3.49. The van der Waals surface area contributed by atoms with E-state index in [9.17, 15) is 9.90 Å². The van der Waals surface area contributed by atoms with E-state index in [1.807, 2.05) is 6.92 Å². The summed E-state index contributed by atoms with van der Waals surface area (Å²) >= 11 is 0. The van der Waals surface area contributed by atoms with Crippen molar-refractivity contribution in [2.24, 2.45) is 0 Å². The van der Waals surface area contributed by atoms with E-state index in [0.29, 0.717) is 17.2 Å². The van der Waals surface area contributed by atoms with Gasteiger partial charge in [0.05, 0.1) is 19.9 Å². The number of aliphatic hydroxyl groups is 1. The van der Waals surface area contributed by atoms with Gasteiger partial charge in [0.2, 0.25) is 0 Å². The van der Waals surface area contributed by atoms with Crippen LogP contribution in [0.2, 0.25) is 0 Å². The van der Waals surface area contributed by atoms with Crippen LogP contribution in [0.1, 0.15) is 12.5 Å². The third-order valence-electron chi connectivity index (χ3n) is 2.81. The molecule has 0 aliphatic carbocycles. The minimum atomic E-state index is -1.05. The minimum Gasteiger partial charge on any atom is -0.496 e. The summed E-state index contributed by atoms with van der Waals surface area (Å²) < 4.78 is 10.5. The number of benzene rings is 1. The molecule has 0 saturated carbocycles. The Morgan fingerprint density at radius 3 is 2.39 bits per heavy atom. The molecule has 5 heteroatoms. The predicted molar refractivity (Wildman–Crippen MR) is 69.4 cm³/mol. The normalized spacial score (nSPS) is 11.9. The monoisotopic (exact) mass is 253 g/mol. The summed E-state index contributed by atoms with van der Waals surface area (Å²) in [5.74, 6) is 0.859. The van der Waals surface area contributed by atoms with Crippen LogP contribution in [0.25, 0.3) is 0 Å². The number of anilines is 1. The number of hydrogen-bond acceptors (Lipinski definition) is 4. The molecule has 1 unspecified atom stereocenters. The molecule has 1 atom stereocenters. The van der Waals surface area contributed by atoms with Crippen LogP contribution in [0, 0.1) is 6.92 Å². The maximum Gasteiger partial charge on any atom is 0.255 e. The molecular formula is C13H19NO4. The Bertz CT molecular complexity index is 443. The van der Waals surface area contributed by atoms with Crippen molar-refractivity contribution in [3.8, 4) is 11.5 Å². The van der Waals surface area contributed by atoms with Gasteiger partial charge in [-0.05, 0) is 26.0 Å². The summed E-state index contributed by atoms with van der Waals surface area (Å²) in [5, 5.41) is 9.33. The number of carbonyl (C=O) groups excluding carboxylic acids is 1. The zero-order valence-electron chi connectivity index (χ0n) is 11.4. The molecule has 1 aromatic carbocycles. The third-order valence-corrected chi connectivity index (χ3v) is 2.81. The first-order valence-electron chi connectivity index (χ1n) is 5.61. The van der Waals surface area contributed by atoms with Gasteiger partial charge < -0.3 is 19.5 Å². The standard InChI is InChI=1S/C13H19NO4/c1-8-11(17-4)7-6-10(12(8)18-5)14(3)13(16)9(2)15/h6-7,9,15H,1-5H3. The molecule has 100 valence electrons. The molecule has 1 aromatic rings. The van der Waals surface area contributed by atoms with E-state index in [-0.39, 0.29) is 0 Å². The average molecular weight is 253 g/mol. The van der Waals surface area contributed by atoms with Crippen LogP contribution in [-0.2, 0) is 4.79 Å². The Hall–Kier alpha value is -1.75. The van der Waals surface area contributed by atoms with Crippen LogP contribution in [0.15, 0.2) is 12.1 Å². The van der Waals surface area contributed by atoms with Crippen LogP contribution in [0.4, 0.5) is 5.69 Å². The summed E-state index contributed by atoms with van der Waals surface area (Å²) in [4.78, 5) is 13.1. The number of aliphatic hydroxyl groups excluding tert-OH is 1. The lowest BCUT2D eigenvalue weighted by Gasteiger charge is -2.23. The number of nitrogens with zero attached hydrogens (tertiary/aromatic N) is 1. The number of methoxy groups -OCH3 is 2. The van der Waals surface area contributed by atoms with Gasteiger partial charge >= 0.3 is 0 Å². The molecule has 0 radical (unpaired) electrons. The predicted octanol–water partition coefficient (Wildman–Crippen LogP) is 1.36. The summed E-state index contributed by atoms with van der Waals surface area (Å²) in [7, 11) is 4.71. The lowest BCUT2D eigenvalue weighted by molar-refractivity contribution is -0.125. The quantitative estimate of drug-likeness (QED) is 0.880. The molecule has 0 spiro atoms. The van der Waals surface area contributed by atoms with Crippen molar-refractivity contribution < 1.29 is 19.4 Å². The number of hydrogen-bond donors (Lipinski definition) is 1. The number of carbonyl (C=O) groups is 1. The second kappa shape index (κ2) is 5.73. The summed E-state index contributed by atoms with van der Waals surface area (Å²) in [5.41, 5.74) is 1.41. The highest BCUT2D eigenvalue weighted by Crippen LogP contribution is 2.36. The number of amides is 1. The van der Waals surface area contributed by atoms with E-state index in [1.54, 1.807) is 26.3 Å². The van der Waals surface area contributed by atoms with E-state index in [4.69, 9.17) is 9.47 Å². The highest BCUT2D eigenvalue weighted by atomic mass is 16.5. The maximum absolute atomic E-state index is 11.8. The fraction of sp³-hybridized carbons (Fsp3) is 0.462. The van der Waals surface area contributed by atoms with E-state index in [2.05, 4.69) is 0 Å². The van der Waals surface area contributed by atoms with Gasteiger partial charge in [0.1, 0.15) is 17.6 Å². The molecule has 0 saturated heterocycles. The van der Waals surface area contributed by atoms with Crippen molar-refractivity contribution in [2.75, 3.05) is 26.2 Å². The fourth-order valence-corrected chi connectivity index (χ4v) is 1.80. The Kier molecular flexibility index (Phi) is 4.55. The first-order valence-corrected chi connectivity index (χ1v) is 5.61. The maximum atomic E-state index is 11.8. The third kappa shape index (κ3) is 2.56. The average Bonchev–Trinajstić information content (AvgIpc) is 2.36. The second-order valence-electron chi connectivity index (χ2n) is 4.02. The van der Waals surface area contributed by atoms with Gasteiger partial charge in [0.15, 0.2) is 0 Å². The Labute approximate surface area is 107 Å². The second-order valence-corrected chi connectivity index (χ2v) is 4.02. The van der Waals surface area contributed by atoms with Crippen molar-refractivity contribution in [3.63, 3.8) is 0 Å². The van der Waals surface area contributed by atoms with Crippen LogP contribution >= 0.6 is 0 Å². The van der Waals surface area contributed by atoms with Crippen molar-refractivity contribution in [3.05, 3.63) is 17.7 Å². The van der Waals surface area contributed by atoms with Gasteiger partial charge in [-0.2, -0.15) is 0 Å². The van der Waals surface area contributed by atoms with Gasteiger partial charge in [0, 0.05) is 12.6 Å². The number of rotatable bonds is 4. The van der Waals surface area contributed by atoms with E-state index in [1.165, 1.54) is 18.9 Å². The van der Waals surface area contributed by atoms with Gasteiger partial charge in [-0.15, -0.1) is 0 Å². The van der Waals surface area contributed by atoms with Crippen molar-refractivity contribution in [2.45, 2.75) is 20.0 Å². The zero-order valence-corrected chi connectivity index (χ0v) is 11.4. The van der Waals surface area contributed by atoms with Gasteiger partial charge in [-0.25, -0.2) is 0 Å². The minimum absolute atomic E-state index is 0.391. The first-order chi connectivity index (χ1) is 8.43. The largest absolute Gasteiger partial charge is 0.496 e. The Morgan fingerprint density at radius 1 is 1.33 bits per heavy atom. The van der Waals surface area contributed by atoms with Crippen LogP contribution in [0.3, 0.4) is 0 Å². The fourth-order valence-electron chi connectivity index (χ4n) is 1.80. The molecule has 0 aliphatic heterocycles. The molecule has 5 nitrogen and oxygen atoms in total. The molecule has 0 fully saturated rings. The molecule has 0 aliphatic rings. The molecule has 0 heterocycles. The lowest BCUT2D eigenvalue weighted by Crippen LogP contribution is -2.34. The van der Waals surface area contributed by atoms with Crippen molar-refractivity contribution in [1.29, 1.82) is 0 Å². The summed E-state index contributed by atoms with van der Waals surface area (Å²) in [6.07, 6.45) is -1.05. The molecule has 1 rings (SSSR count). The van der Waals surface area contributed by atoms with E-state index >= 15 is 0 Å². The van der Waals surface area contributed by atoms with Crippen LogP contribution < -0.4 is 14.4 Å². The topological polar surface area (TPSA) is 59.0 Å². The molecule has 0 aromatic heterocycles. The van der Waals surface area contributed by atoms with Gasteiger partial charge in [0.25, 0.3) is 5.91 Å². The molecule has 1 amide bonds. The first kappa shape index (κ1) is 14.3. The van der Waals surface area contributed by atoms with Gasteiger partial charge in [-0.1, -0.05) is 0 Å². The molecular weight excluding hydrogens is 234 g/mol. The van der Waals surface area contributed by atoms with Gasteiger partial charge in [-0.3, -0.25) is 4.79 Å². The zero-order chi connectivity index (χ0) is 13.9. The molecule has 1 N–H and O–H groups in total. The highest BCUT2D eigenvalue weighted by Gasteiger charge is 2.21. The Morgan fingerprint density at radius 2 is 1.94 bits per heavy atom. The lowest BCUT2D eigenvalue weighted by atomic mass is 10.1. The number of ether oxygens (including phenoxy) is 2.